The Labute approximate surface area is 106 Å². The second kappa shape index (κ2) is 6.79. The van der Waals surface area contributed by atoms with E-state index in [1.54, 1.807) is 12.1 Å². The third-order valence-corrected chi connectivity index (χ3v) is 2.81. The molecular formula is C12H15Cl2NO. The van der Waals surface area contributed by atoms with Gasteiger partial charge in [0, 0.05) is 6.54 Å². The van der Waals surface area contributed by atoms with Crippen molar-refractivity contribution < 1.29 is 4.74 Å². The van der Waals surface area contributed by atoms with Crippen LogP contribution in [-0.4, -0.2) is 19.7 Å². The van der Waals surface area contributed by atoms with Gasteiger partial charge in [-0.05, 0) is 32.2 Å². The summed E-state index contributed by atoms with van der Waals surface area (Å²) < 4.78 is 5.74. The van der Waals surface area contributed by atoms with Gasteiger partial charge in [0.25, 0.3) is 0 Å². The fourth-order valence-electron chi connectivity index (χ4n) is 1.30. The Balaban J connectivity index is 2.80. The minimum absolute atomic E-state index is 0.0500. The minimum Gasteiger partial charge on any atom is -0.483 e. The summed E-state index contributed by atoms with van der Waals surface area (Å²) in [6.45, 7) is 2.67. The molecule has 4 heteroatoms. The minimum atomic E-state index is -0.0500. The highest BCUT2D eigenvalue weighted by molar-refractivity contribution is 6.42. The monoisotopic (exact) mass is 259 g/mol. The van der Waals surface area contributed by atoms with Crippen molar-refractivity contribution in [3.05, 3.63) is 40.4 Å². The van der Waals surface area contributed by atoms with Crippen molar-refractivity contribution in [1.82, 2.24) is 5.32 Å². The molecule has 0 fully saturated rings. The Morgan fingerprint density at radius 2 is 2.19 bits per heavy atom. The summed E-state index contributed by atoms with van der Waals surface area (Å²) in [7, 11) is 1.87. The molecule has 0 spiro atoms. The second-order valence-electron chi connectivity index (χ2n) is 3.29. The molecule has 2 nitrogen and oxygen atoms in total. The van der Waals surface area contributed by atoms with Gasteiger partial charge in [-0.25, -0.2) is 0 Å². The van der Waals surface area contributed by atoms with Crippen LogP contribution in [0, 0.1) is 0 Å². The molecule has 0 aliphatic heterocycles. The number of benzene rings is 1. The molecule has 1 aromatic rings. The van der Waals surface area contributed by atoms with Crippen molar-refractivity contribution >= 4 is 23.2 Å². The predicted octanol–water partition coefficient (Wildman–Crippen LogP) is 3.54. The standard InChI is InChI=1S/C12H15Cl2NO/c1-3-5-9(8-15-2)16-11-7-4-6-10(13)12(11)14/h3-7,9,15H,8H2,1-2H3/b5-3+. The van der Waals surface area contributed by atoms with Gasteiger partial charge in [-0.2, -0.15) is 0 Å². The zero-order valence-electron chi connectivity index (χ0n) is 9.34. The van der Waals surface area contributed by atoms with E-state index >= 15 is 0 Å². The zero-order chi connectivity index (χ0) is 12.0. The Kier molecular flexibility index (Phi) is 5.67. The van der Waals surface area contributed by atoms with Gasteiger partial charge >= 0.3 is 0 Å². The fourth-order valence-corrected chi connectivity index (χ4v) is 1.64. The van der Waals surface area contributed by atoms with E-state index in [1.165, 1.54) is 0 Å². The van der Waals surface area contributed by atoms with E-state index in [4.69, 9.17) is 27.9 Å². The summed E-state index contributed by atoms with van der Waals surface area (Å²) in [5.74, 6) is 0.604. The van der Waals surface area contributed by atoms with Gasteiger partial charge in [-0.3, -0.25) is 0 Å². The summed E-state index contributed by atoms with van der Waals surface area (Å²) in [6, 6.07) is 5.36. The lowest BCUT2D eigenvalue weighted by Crippen LogP contribution is -2.27. The number of halogens is 2. The summed E-state index contributed by atoms with van der Waals surface area (Å²) in [4.78, 5) is 0. The molecule has 0 saturated carbocycles. The first-order chi connectivity index (χ1) is 7.69. The number of hydrogen-bond donors (Lipinski definition) is 1. The third kappa shape index (κ3) is 3.71. The van der Waals surface area contributed by atoms with Crippen molar-refractivity contribution in [3.8, 4) is 5.75 Å². The molecule has 0 heterocycles. The van der Waals surface area contributed by atoms with Crippen LogP contribution in [0.5, 0.6) is 5.75 Å². The van der Waals surface area contributed by atoms with Crippen molar-refractivity contribution in [1.29, 1.82) is 0 Å². The molecule has 1 aromatic carbocycles. The Hall–Kier alpha value is -0.700. The lowest BCUT2D eigenvalue weighted by atomic mass is 10.3. The van der Waals surface area contributed by atoms with Crippen molar-refractivity contribution in [2.24, 2.45) is 0 Å². The largest absolute Gasteiger partial charge is 0.483 e. The molecule has 1 unspecified atom stereocenters. The first kappa shape index (κ1) is 13.4. The fraction of sp³-hybridized carbons (Fsp3) is 0.333. The highest BCUT2D eigenvalue weighted by Gasteiger charge is 2.10. The van der Waals surface area contributed by atoms with Crippen LogP contribution in [0.15, 0.2) is 30.4 Å². The molecule has 0 aromatic heterocycles. The molecule has 0 aliphatic rings. The van der Waals surface area contributed by atoms with E-state index in [0.717, 1.165) is 0 Å². The number of nitrogens with one attached hydrogen (secondary N) is 1. The van der Waals surface area contributed by atoms with Gasteiger partial charge in [-0.1, -0.05) is 35.3 Å². The lowest BCUT2D eigenvalue weighted by molar-refractivity contribution is 0.248. The first-order valence-electron chi connectivity index (χ1n) is 5.07. The Morgan fingerprint density at radius 1 is 1.44 bits per heavy atom. The molecule has 0 aliphatic carbocycles. The summed E-state index contributed by atoms with van der Waals surface area (Å²) in [5.41, 5.74) is 0. The molecule has 1 N–H and O–H groups in total. The SMILES string of the molecule is C/C=C/C(CNC)Oc1cccc(Cl)c1Cl. The predicted molar refractivity (Wildman–Crippen MR) is 69.6 cm³/mol. The number of allylic oxidation sites excluding steroid dienone is 1. The first-order valence-corrected chi connectivity index (χ1v) is 5.82. The van der Waals surface area contributed by atoms with Gasteiger partial charge in [0.15, 0.2) is 0 Å². The number of ether oxygens (including phenoxy) is 1. The molecule has 1 atom stereocenters. The lowest BCUT2D eigenvalue weighted by Gasteiger charge is -2.16. The highest BCUT2D eigenvalue weighted by atomic mass is 35.5. The van der Waals surface area contributed by atoms with E-state index in [1.807, 2.05) is 32.2 Å². The van der Waals surface area contributed by atoms with Gasteiger partial charge in [-0.15, -0.1) is 0 Å². The van der Waals surface area contributed by atoms with E-state index in [9.17, 15) is 0 Å². The summed E-state index contributed by atoms with van der Waals surface area (Å²) in [6.07, 6.45) is 3.86. The number of hydrogen-bond acceptors (Lipinski definition) is 2. The third-order valence-electron chi connectivity index (χ3n) is 2.01. The van der Waals surface area contributed by atoms with Crippen LogP contribution in [0.3, 0.4) is 0 Å². The normalized spacial score (nSPS) is 13.0. The van der Waals surface area contributed by atoms with Gasteiger partial charge < -0.3 is 10.1 Å². The molecule has 0 saturated heterocycles. The maximum absolute atomic E-state index is 6.04. The summed E-state index contributed by atoms with van der Waals surface area (Å²) in [5, 5.41) is 4.01. The zero-order valence-corrected chi connectivity index (χ0v) is 10.8. The van der Waals surface area contributed by atoms with Crippen LogP contribution in [-0.2, 0) is 0 Å². The van der Waals surface area contributed by atoms with E-state index in [0.29, 0.717) is 22.3 Å². The number of likely N-dealkylation sites (N-methyl/N-ethyl adjacent to an activating group) is 1. The van der Waals surface area contributed by atoms with E-state index in [-0.39, 0.29) is 6.10 Å². The molecule has 88 valence electrons. The summed E-state index contributed by atoms with van der Waals surface area (Å²) >= 11 is 11.9. The smallest absolute Gasteiger partial charge is 0.140 e. The molecule has 0 amide bonds. The average Bonchev–Trinajstić information content (AvgIpc) is 2.25. The van der Waals surface area contributed by atoms with Crippen LogP contribution in [0.2, 0.25) is 10.0 Å². The maximum atomic E-state index is 6.04. The quantitative estimate of drug-likeness (QED) is 0.817. The molecule has 1 rings (SSSR count). The highest BCUT2D eigenvalue weighted by Crippen LogP contribution is 2.32. The topological polar surface area (TPSA) is 21.3 Å². The molecular weight excluding hydrogens is 245 g/mol. The van der Waals surface area contributed by atoms with Crippen LogP contribution < -0.4 is 10.1 Å². The van der Waals surface area contributed by atoms with Crippen molar-refractivity contribution in [2.45, 2.75) is 13.0 Å². The van der Waals surface area contributed by atoms with Crippen molar-refractivity contribution in [2.75, 3.05) is 13.6 Å². The Morgan fingerprint density at radius 3 is 2.81 bits per heavy atom. The molecule has 0 radical (unpaired) electrons. The van der Waals surface area contributed by atoms with Crippen LogP contribution in [0.25, 0.3) is 0 Å². The van der Waals surface area contributed by atoms with Crippen LogP contribution >= 0.6 is 23.2 Å². The van der Waals surface area contributed by atoms with Gasteiger partial charge in [0.2, 0.25) is 0 Å². The second-order valence-corrected chi connectivity index (χ2v) is 4.08. The van der Waals surface area contributed by atoms with Crippen LogP contribution in [0.4, 0.5) is 0 Å². The number of rotatable bonds is 5. The average molecular weight is 260 g/mol. The molecule has 16 heavy (non-hydrogen) atoms. The van der Waals surface area contributed by atoms with Crippen molar-refractivity contribution in [3.63, 3.8) is 0 Å². The molecule has 0 bridgehead atoms. The maximum Gasteiger partial charge on any atom is 0.140 e. The van der Waals surface area contributed by atoms with Gasteiger partial charge in [0.05, 0.1) is 5.02 Å². The van der Waals surface area contributed by atoms with E-state index in [2.05, 4.69) is 5.32 Å². The van der Waals surface area contributed by atoms with Crippen LogP contribution in [0.1, 0.15) is 6.92 Å². The van der Waals surface area contributed by atoms with E-state index < -0.39 is 0 Å². The Bertz CT molecular complexity index is 366. The van der Waals surface area contributed by atoms with Gasteiger partial charge in [0.1, 0.15) is 16.9 Å².